The first kappa shape index (κ1) is 20.4. The average Bonchev–Trinajstić information content (AvgIpc) is 2.52. The van der Waals surface area contributed by atoms with Gasteiger partial charge in [0.15, 0.2) is 0 Å². The van der Waals surface area contributed by atoms with Gasteiger partial charge in [0.05, 0.1) is 26.7 Å². The third-order valence-electron chi connectivity index (χ3n) is 4.20. The fraction of sp³-hybridized carbons (Fsp3) is 0.529. The first-order valence-corrected chi connectivity index (χ1v) is 8.05. The molecule has 2 N–H and O–H groups in total. The number of carbonyl (C=O) groups is 2. The van der Waals surface area contributed by atoms with Crippen LogP contribution in [0.3, 0.4) is 0 Å². The summed E-state index contributed by atoms with van der Waals surface area (Å²) in [5.74, 6) is -1.44. The molecule has 0 aliphatic heterocycles. The molecular formula is C17H24BrNO5. The molecule has 1 aromatic carbocycles. The highest BCUT2D eigenvalue weighted by Crippen LogP contribution is 2.53. The molecule has 3 unspecified atom stereocenters. The van der Waals surface area contributed by atoms with E-state index in [1.54, 1.807) is 19.1 Å². The van der Waals surface area contributed by atoms with Gasteiger partial charge in [0, 0.05) is 16.0 Å². The number of halogens is 1. The van der Waals surface area contributed by atoms with Crippen LogP contribution in [0.4, 0.5) is 0 Å². The van der Waals surface area contributed by atoms with Crippen LogP contribution in [-0.2, 0) is 19.1 Å². The van der Waals surface area contributed by atoms with Gasteiger partial charge in [-0.1, -0.05) is 23.4 Å². The zero-order chi connectivity index (χ0) is 17.2. The van der Waals surface area contributed by atoms with Crippen LogP contribution in [0, 0.1) is 5.92 Å². The van der Waals surface area contributed by atoms with Crippen molar-refractivity contribution < 1.29 is 23.8 Å². The largest absolute Gasteiger partial charge is 0.496 e. The second kappa shape index (κ2) is 7.98. The minimum Gasteiger partial charge on any atom is -0.496 e. The van der Waals surface area contributed by atoms with Crippen LogP contribution >= 0.6 is 15.9 Å². The molecule has 0 bridgehead atoms. The molecule has 1 aliphatic carbocycles. The Morgan fingerprint density at radius 3 is 2.58 bits per heavy atom. The van der Waals surface area contributed by atoms with E-state index in [1.807, 2.05) is 6.07 Å². The highest BCUT2D eigenvalue weighted by atomic mass is 79.9. The third-order valence-corrected chi connectivity index (χ3v) is 4.69. The predicted molar refractivity (Wildman–Crippen MR) is 93.8 cm³/mol. The Bertz CT molecular complexity index is 621. The monoisotopic (exact) mass is 401 g/mol. The van der Waals surface area contributed by atoms with E-state index in [-0.39, 0.29) is 20.5 Å². The number of hydrogen-bond acceptors (Lipinski definition) is 6. The standard InChI is InChI=1S/C16H20BrNO5.CH4/c1-4-23-15(20)16(18)8-11(14(19)22-3)13(16)10-7-9(17)5-6-12(10)21-2;/h5-7,11,13H,4,8,18H2,1-3H3;1H4. The first-order chi connectivity index (χ1) is 10.9. The van der Waals surface area contributed by atoms with Crippen LogP contribution in [-0.4, -0.2) is 38.3 Å². The number of carbonyl (C=O) groups excluding carboxylic acids is 2. The number of methoxy groups -OCH3 is 2. The maximum Gasteiger partial charge on any atom is 0.326 e. The minimum atomic E-state index is -1.27. The number of esters is 2. The van der Waals surface area contributed by atoms with Crippen molar-refractivity contribution in [1.82, 2.24) is 0 Å². The highest BCUT2D eigenvalue weighted by molar-refractivity contribution is 9.10. The van der Waals surface area contributed by atoms with Gasteiger partial charge < -0.3 is 19.9 Å². The molecule has 1 fully saturated rings. The van der Waals surface area contributed by atoms with Crippen LogP contribution in [0.5, 0.6) is 5.75 Å². The molecule has 3 atom stereocenters. The van der Waals surface area contributed by atoms with Gasteiger partial charge in [0.25, 0.3) is 0 Å². The predicted octanol–water partition coefficient (Wildman–Crippen LogP) is 2.63. The Morgan fingerprint density at radius 1 is 1.38 bits per heavy atom. The second-order valence-electron chi connectivity index (χ2n) is 5.46. The average molecular weight is 402 g/mol. The van der Waals surface area contributed by atoms with E-state index in [4.69, 9.17) is 19.9 Å². The van der Waals surface area contributed by atoms with Gasteiger partial charge in [-0.15, -0.1) is 0 Å². The lowest BCUT2D eigenvalue weighted by atomic mass is 9.56. The van der Waals surface area contributed by atoms with Gasteiger partial charge in [0.2, 0.25) is 0 Å². The first-order valence-electron chi connectivity index (χ1n) is 7.26. The molecule has 1 aliphatic rings. The summed E-state index contributed by atoms with van der Waals surface area (Å²) >= 11 is 3.40. The lowest BCUT2D eigenvalue weighted by molar-refractivity contribution is -0.165. The zero-order valence-electron chi connectivity index (χ0n) is 13.3. The maximum absolute atomic E-state index is 12.3. The summed E-state index contributed by atoms with van der Waals surface area (Å²) in [6.07, 6.45) is 0.179. The Labute approximate surface area is 150 Å². The van der Waals surface area contributed by atoms with Gasteiger partial charge in [-0.05, 0) is 31.5 Å². The number of benzene rings is 1. The van der Waals surface area contributed by atoms with E-state index >= 15 is 0 Å². The maximum atomic E-state index is 12.3. The lowest BCUT2D eigenvalue weighted by Crippen LogP contribution is -2.66. The topological polar surface area (TPSA) is 87.9 Å². The summed E-state index contributed by atoms with van der Waals surface area (Å²) in [6.45, 7) is 1.94. The molecule has 134 valence electrons. The van der Waals surface area contributed by atoms with Crippen molar-refractivity contribution in [1.29, 1.82) is 0 Å². The van der Waals surface area contributed by atoms with Crippen molar-refractivity contribution >= 4 is 27.9 Å². The minimum absolute atomic E-state index is 0. The van der Waals surface area contributed by atoms with Crippen LogP contribution in [0.1, 0.15) is 32.3 Å². The molecule has 0 amide bonds. The van der Waals surface area contributed by atoms with Crippen LogP contribution < -0.4 is 10.5 Å². The molecule has 2 rings (SSSR count). The van der Waals surface area contributed by atoms with E-state index in [0.717, 1.165) is 4.47 Å². The molecule has 0 saturated heterocycles. The number of rotatable bonds is 5. The summed E-state index contributed by atoms with van der Waals surface area (Å²) in [5, 5.41) is 0. The van der Waals surface area contributed by atoms with Crippen molar-refractivity contribution in [2.45, 2.75) is 32.2 Å². The number of ether oxygens (including phenoxy) is 3. The molecule has 7 heteroatoms. The van der Waals surface area contributed by atoms with Crippen LogP contribution in [0.2, 0.25) is 0 Å². The summed E-state index contributed by atoms with van der Waals surface area (Å²) < 4.78 is 16.1. The highest BCUT2D eigenvalue weighted by Gasteiger charge is 2.61. The van der Waals surface area contributed by atoms with Gasteiger partial charge in [-0.3, -0.25) is 9.59 Å². The fourth-order valence-corrected chi connectivity index (χ4v) is 3.48. The van der Waals surface area contributed by atoms with Crippen molar-refractivity contribution in [3.05, 3.63) is 28.2 Å². The fourth-order valence-electron chi connectivity index (χ4n) is 3.10. The van der Waals surface area contributed by atoms with E-state index in [9.17, 15) is 9.59 Å². The SMILES string of the molecule is C.CCOC(=O)C1(N)CC(C(=O)OC)C1c1cc(Br)ccc1OC. The zero-order valence-corrected chi connectivity index (χ0v) is 14.9. The molecule has 24 heavy (non-hydrogen) atoms. The molecule has 0 radical (unpaired) electrons. The second-order valence-corrected chi connectivity index (χ2v) is 6.37. The Morgan fingerprint density at radius 2 is 2.04 bits per heavy atom. The van der Waals surface area contributed by atoms with E-state index in [0.29, 0.717) is 11.3 Å². The Kier molecular flexibility index (Phi) is 6.80. The molecule has 6 nitrogen and oxygen atoms in total. The smallest absolute Gasteiger partial charge is 0.326 e. The van der Waals surface area contributed by atoms with Crippen molar-refractivity contribution in [3.63, 3.8) is 0 Å². The van der Waals surface area contributed by atoms with Crippen LogP contribution in [0.25, 0.3) is 0 Å². The van der Waals surface area contributed by atoms with Crippen molar-refractivity contribution in [3.8, 4) is 5.75 Å². The molecule has 1 aromatic rings. The van der Waals surface area contributed by atoms with E-state index in [1.165, 1.54) is 14.2 Å². The quantitative estimate of drug-likeness (QED) is 0.762. The molecule has 0 aromatic heterocycles. The summed E-state index contributed by atoms with van der Waals surface area (Å²) in [4.78, 5) is 24.4. The van der Waals surface area contributed by atoms with Crippen molar-refractivity contribution in [2.75, 3.05) is 20.8 Å². The third kappa shape index (κ3) is 3.42. The molecular weight excluding hydrogens is 378 g/mol. The summed E-state index contributed by atoms with van der Waals surface area (Å²) in [7, 11) is 2.85. The molecule has 1 saturated carbocycles. The number of nitrogens with two attached hydrogens (primary N) is 1. The van der Waals surface area contributed by atoms with Gasteiger partial charge in [-0.25, -0.2) is 0 Å². The van der Waals surface area contributed by atoms with E-state index < -0.39 is 29.3 Å². The lowest BCUT2D eigenvalue weighted by Gasteiger charge is -2.49. The molecule has 0 heterocycles. The van der Waals surface area contributed by atoms with Gasteiger partial charge in [0.1, 0.15) is 11.3 Å². The van der Waals surface area contributed by atoms with Gasteiger partial charge >= 0.3 is 11.9 Å². The normalized spacial score (nSPS) is 25.0. The molecule has 0 spiro atoms. The summed E-state index contributed by atoms with van der Waals surface area (Å²) in [5.41, 5.74) is 5.72. The Hall–Kier alpha value is -1.60. The van der Waals surface area contributed by atoms with Crippen LogP contribution in [0.15, 0.2) is 22.7 Å². The Balaban J connectivity index is 0.00000288. The van der Waals surface area contributed by atoms with Gasteiger partial charge in [-0.2, -0.15) is 0 Å². The van der Waals surface area contributed by atoms with Crippen molar-refractivity contribution in [2.24, 2.45) is 11.7 Å². The van der Waals surface area contributed by atoms with E-state index in [2.05, 4.69) is 15.9 Å². The summed E-state index contributed by atoms with van der Waals surface area (Å²) in [6, 6.07) is 5.38. The number of hydrogen-bond donors (Lipinski definition) is 1.